The van der Waals surface area contributed by atoms with Crippen molar-refractivity contribution in [3.63, 3.8) is 0 Å². The number of imidazole rings is 1. The van der Waals surface area contributed by atoms with E-state index < -0.39 is 10.0 Å². The minimum atomic E-state index is -3.87. The number of rotatable bonds is 7. The summed E-state index contributed by atoms with van der Waals surface area (Å²) in [5.74, 6) is 2.03. The van der Waals surface area contributed by atoms with Crippen molar-refractivity contribution in [2.24, 2.45) is 5.14 Å². The van der Waals surface area contributed by atoms with E-state index >= 15 is 0 Å². The predicted molar refractivity (Wildman–Crippen MR) is 121 cm³/mol. The number of nitrogens with two attached hydrogens (primary N) is 1. The van der Waals surface area contributed by atoms with Crippen molar-refractivity contribution in [1.29, 1.82) is 0 Å². The molecule has 5 nitrogen and oxygen atoms in total. The summed E-state index contributed by atoms with van der Waals surface area (Å²) in [5.41, 5.74) is 3.36. The standard InChI is InChI=1S/C23H25N3O2S2/c1-2-3-11-22-25-23-20(10-7-14-29-23)26(22)16-17-12-13-19(18-8-5-4-6-9-18)21(15-17)30(24,27)28/h4-6,8-9,12-13,15H,2-3,7,11,14,16H2,1H3,(H2,24,27,28). The zero-order valence-electron chi connectivity index (χ0n) is 17.0. The summed E-state index contributed by atoms with van der Waals surface area (Å²) >= 11 is 1.76. The van der Waals surface area contributed by atoms with Crippen LogP contribution in [0.5, 0.6) is 0 Å². The summed E-state index contributed by atoms with van der Waals surface area (Å²) < 4.78 is 26.9. The van der Waals surface area contributed by atoms with Gasteiger partial charge in [-0.2, -0.15) is 0 Å². The van der Waals surface area contributed by atoms with Crippen molar-refractivity contribution in [2.45, 2.75) is 49.1 Å². The van der Waals surface area contributed by atoms with Crippen LogP contribution in [0.2, 0.25) is 0 Å². The molecular weight excluding hydrogens is 414 g/mol. The molecule has 3 aromatic rings. The third-order valence-electron chi connectivity index (χ3n) is 5.18. The van der Waals surface area contributed by atoms with E-state index in [1.807, 2.05) is 42.5 Å². The Morgan fingerprint density at radius 1 is 1.20 bits per heavy atom. The van der Waals surface area contributed by atoms with E-state index in [1.54, 1.807) is 17.8 Å². The Morgan fingerprint density at radius 3 is 2.73 bits per heavy atom. The molecule has 0 aliphatic carbocycles. The minimum absolute atomic E-state index is 0.151. The van der Waals surface area contributed by atoms with Crippen LogP contribution in [-0.2, 0) is 23.0 Å². The number of unbranched alkanes of at least 4 members (excludes halogenated alkanes) is 1. The number of thioether (sulfide) groups is 1. The lowest BCUT2D eigenvalue weighted by molar-refractivity contribution is 0.597. The molecule has 0 fully saturated rings. The third kappa shape index (κ3) is 4.48. The molecule has 0 amide bonds. The molecule has 156 valence electrons. The molecule has 2 radical (unpaired) electrons. The average Bonchev–Trinajstić information content (AvgIpc) is 3.09. The highest BCUT2D eigenvalue weighted by molar-refractivity contribution is 7.99. The maximum Gasteiger partial charge on any atom is 0.238 e. The minimum Gasteiger partial charge on any atom is -0.326 e. The Morgan fingerprint density at radius 2 is 2.00 bits per heavy atom. The number of sulfonamides is 1. The van der Waals surface area contributed by atoms with Gasteiger partial charge in [-0.1, -0.05) is 55.8 Å². The molecule has 4 rings (SSSR count). The normalized spacial score (nSPS) is 13.9. The molecular formula is C23H25N3O2S2. The van der Waals surface area contributed by atoms with E-state index in [0.29, 0.717) is 12.1 Å². The van der Waals surface area contributed by atoms with Crippen molar-refractivity contribution < 1.29 is 8.42 Å². The smallest absolute Gasteiger partial charge is 0.238 e. The molecule has 7 heteroatoms. The van der Waals surface area contributed by atoms with Gasteiger partial charge in [0.2, 0.25) is 10.0 Å². The molecule has 0 bridgehead atoms. The number of nitrogens with zero attached hydrogens (tertiary/aromatic N) is 2. The Hall–Kier alpha value is -2.09. The molecule has 2 heterocycles. The van der Waals surface area contributed by atoms with Gasteiger partial charge >= 0.3 is 0 Å². The van der Waals surface area contributed by atoms with Gasteiger partial charge in [-0.05, 0) is 30.0 Å². The molecule has 30 heavy (non-hydrogen) atoms. The summed E-state index contributed by atoms with van der Waals surface area (Å²) in [5, 5.41) is 6.61. The third-order valence-corrected chi connectivity index (χ3v) is 7.10. The molecule has 0 saturated heterocycles. The highest BCUT2D eigenvalue weighted by Crippen LogP contribution is 2.33. The number of aryl methyl sites for hydroxylation is 1. The van der Waals surface area contributed by atoms with Crippen molar-refractivity contribution >= 4 is 21.8 Å². The van der Waals surface area contributed by atoms with E-state index in [2.05, 4.69) is 17.9 Å². The van der Waals surface area contributed by atoms with Gasteiger partial charge < -0.3 is 4.57 Å². The predicted octanol–water partition coefficient (Wildman–Crippen LogP) is 4.51. The molecule has 1 aromatic heterocycles. The fourth-order valence-electron chi connectivity index (χ4n) is 3.70. The van der Waals surface area contributed by atoms with Crippen LogP contribution in [0.4, 0.5) is 0 Å². The molecule has 0 spiro atoms. The first kappa shape index (κ1) is 21.2. The van der Waals surface area contributed by atoms with Crippen molar-refractivity contribution in [3.05, 3.63) is 72.0 Å². The van der Waals surface area contributed by atoms with Gasteiger partial charge in [-0.3, -0.25) is 0 Å². The Labute approximate surface area is 182 Å². The van der Waals surface area contributed by atoms with Crippen LogP contribution in [0.25, 0.3) is 11.1 Å². The number of hydrogen-bond donors (Lipinski definition) is 1. The van der Waals surface area contributed by atoms with Gasteiger partial charge in [-0.15, -0.1) is 11.8 Å². The summed E-state index contributed by atoms with van der Waals surface area (Å²) in [6, 6.07) is 15.0. The van der Waals surface area contributed by atoms with Crippen molar-refractivity contribution in [3.8, 4) is 11.1 Å². The highest BCUT2D eigenvalue weighted by Gasteiger charge is 2.22. The Balaban J connectivity index is 1.75. The molecule has 2 aromatic carbocycles. The summed E-state index contributed by atoms with van der Waals surface area (Å²) in [7, 11) is -3.87. The number of primary sulfonamides is 1. The lowest BCUT2D eigenvalue weighted by Crippen LogP contribution is -2.15. The van der Waals surface area contributed by atoms with Crippen LogP contribution in [-0.4, -0.2) is 23.7 Å². The molecule has 1 aliphatic heterocycles. The van der Waals surface area contributed by atoms with Crippen LogP contribution in [0.3, 0.4) is 0 Å². The molecule has 0 atom stereocenters. The van der Waals surface area contributed by atoms with Crippen LogP contribution >= 0.6 is 11.8 Å². The maximum atomic E-state index is 12.4. The molecule has 0 saturated carbocycles. The van der Waals surface area contributed by atoms with Crippen LogP contribution in [0, 0.1) is 6.42 Å². The van der Waals surface area contributed by atoms with E-state index in [-0.39, 0.29) is 4.90 Å². The van der Waals surface area contributed by atoms with Crippen LogP contribution < -0.4 is 5.14 Å². The largest absolute Gasteiger partial charge is 0.326 e. The lowest BCUT2D eigenvalue weighted by atomic mass is 10.0. The molecule has 0 unspecified atom stereocenters. The van der Waals surface area contributed by atoms with E-state index in [1.165, 1.54) is 0 Å². The topological polar surface area (TPSA) is 78.0 Å². The van der Waals surface area contributed by atoms with Gasteiger partial charge in [0.25, 0.3) is 0 Å². The number of hydrogen-bond acceptors (Lipinski definition) is 4. The molecule has 1 aliphatic rings. The van der Waals surface area contributed by atoms with Gasteiger partial charge in [0.1, 0.15) is 10.9 Å². The zero-order valence-corrected chi connectivity index (χ0v) is 18.6. The van der Waals surface area contributed by atoms with E-state index in [4.69, 9.17) is 10.1 Å². The highest BCUT2D eigenvalue weighted by atomic mass is 32.2. The summed E-state index contributed by atoms with van der Waals surface area (Å²) in [6.45, 7) is 2.72. The Kier molecular flexibility index (Phi) is 6.32. The van der Waals surface area contributed by atoms with Gasteiger partial charge in [0.15, 0.2) is 0 Å². The average molecular weight is 440 g/mol. The second-order valence-electron chi connectivity index (χ2n) is 7.39. The first-order valence-corrected chi connectivity index (χ1v) is 12.7. The first-order valence-electron chi connectivity index (χ1n) is 10.1. The van der Waals surface area contributed by atoms with Gasteiger partial charge in [0.05, 0.1) is 10.6 Å². The first-order chi connectivity index (χ1) is 14.5. The number of fused-ring (bicyclic) bond motifs is 1. The van der Waals surface area contributed by atoms with E-state index in [0.717, 1.165) is 59.1 Å². The Bertz CT molecular complexity index is 1140. The fraction of sp³-hybridized carbons (Fsp3) is 0.304. The van der Waals surface area contributed by atoms with Gasteiger partial charge in [0, 0.05) is 30.7 Å². The zero-order chi connectivity index (χ0) is 21.1. The van der Waals surface area contributed by atoms with Crippen LogP contribution in [0.15, 0.2) is 58.5 Å². The second kappa shape index (κ2) is 8.96. The van der Waals surface area contributed by atoms with Crippen molar-refractivity contribution in [1.82, 2.24) is 9.55 Å². The fourth-order valence-corrected chi connectivity index (χ4v) is 5.39. The van der Waals surface area contributed by atoms with Gasteiger partial charge in [-0.25, -0.2) is 18.5 Å². The SMILES string of the molecule is CCCCc1nc2c(n1Cc1ccc(-c3ccccc3)c(S(N)(=O)=O)c1)[C]CCS2. The van der Waals surface area contributed by atoms with E-state index in [9.17, 15) is 8.42 Å². The van der Waals surface area contributed by atoms with Crippen molar-refractivity contribution in [2.75, 3.05) is 5.75 Å². The maximum absolute atomic E-state index is 12.4. The molecule has 2 N–H and O–H groups in total. The van der Waals surface area contributed by atoms with Crippen LogP contribution in [0.1, 0.15) is 43.3 Å². The summed E-state index contributed by atoms with van der Waals surface area (Å²) in [6.07, 6.45) is 7.42. The lowest BCUT2D eigenvalue weighted by Gasteiger charge is -2.16. The number of benzene rings is 2. The quantitative estimate of drug-likeness (QED) is 0.587. The number of aromatic nitrogens is 2. The second-order valence-corrected chi connectivity index (χ2v) is 10.0. The summed E-state index contributed by atoms with van der Waals surface area (Å²) in [4.78, 5) is 4.99. The monoisotopic (exact) mass is 439 g/mol.